The number of anilines is 1. The van der Waals surface area contributed by atoms with Gasteiger partial charge in [0.2, 0.25) is 5.43 Å². The van der Waals surface area contributed by atoms with Gasteiger partial charge >= 0.3 is 0 Å². The summed E-state index contributed by atoms with van der Waals surface area (Å²) in [5, 5.41) is 3.68. The van der Waals surface area contributed by atoms with Crippen molar-refractivity contribution in [3.63, 3.8) is 0 Å². The van der Waals surface area contributed by atoms with Gasteiger partial charge in [-0.1, -0.05) is 12.1 Å². The van der Waals surface area contributed by atoms with E-state index in [0.717, 1.165) is 17.2 Å². The van der Waals surface area contributed by atoms with Gasteiger partial charge in [0.25, 0.3) is 5.91 Å². The molecule has 0 aliphatic carbocycles. The van der Waals surface area contributed by atoms with Gasteiger partial charge in [0.15, 0.2) is 0 Å². The predicted octanol–water partition coefficient (Wildman–Crippen LogP) is 4.95. The third-order valence-electron chi connectivity index (χ3n) is 4.45. The van der Waals surface area contributed by atoms with Crippen LogP contribution < -0.4 is 10.7 Å². The molecule has 27 heavy (non-hydrogen) atoms. The first kappa shape index (κ1) is 17.0. The van der Waals surface area contributed by atoms with E-state index in [4.69, 9.17) is 4.42 Å². The van der Waals surface area contributed by atoms with Gasteiger partial charge in [-0.15, -0.1) is 0 Å². The van der Waals surface area contributed by atoms with E-state index in [2.05, 4.69) is 5.32 Å². The molecule has 1 heterocycles. The number of carbonyl (C=O) groups is 1. The Hall–Kier alpha value is -3.47. The van der Waals surface area contributed by atoms with E-state index in [0.29, 0.717) is 27.6 Å². The quantitative estimate of drug-likeness (QED) is 0.514. The Kier molecular flexibility index (Phi) is 4.00. The molecule has 4 rings (SSSR count). The van der Waals surface area contributed by atoms with Crippen molar-refractivity contribution in [2.75, 3.05) is 5.32 Å². The molecule has 134 valence electrons. The first-order valence-corrected chi connectivity index (χ1v) is 8.47. The summed E-state index contributed by atoms with van der Waals surface area (Å²) in [5.41, 5.74) is 3.35. The summed E-state index contributed by atoms with van der Waals surface area (Å²) in [7, 11) is 0. The number of carbonyl (C=O) groups excluding carboxylic acids is 1. The van der Waals surface area contributed by atoms with Crippen molar-refractivity contribution in [1.29, 1.82) is 0 Å². The second-order valence-electron chi connectivity index (χ2n) is 6.57. The van der Waals surface area contributed by atoms with Crippen LogP contribution in [0, 0.1) is 19.7 Å². The number of halogens is 1. The maximum absolute atomic E-state index is 13.3. The van der Waals surface area contributed by atoms with Crippen LogP contribution in [0.1, 0.15) is 21.5 Å². The lowest BCUT2D eigenvalue weighted by Crippen LogP contribution is -2.12. The van der Waals surface area contributed by atoms with Crippen LogP contribution in [0.5, 0.6) is 0 Å². The molecule has 0 saturated carbocycles. The number of hydrogen-bond acceptors (Lipinski definition) is 3. The highest BCUT2D eigenvalue weighted by molar-refractivity contribution is 6.05. The highest BCUT2D eigenvalue weighted by Crippen LogP contribution is 2.25. The summed E-state index contributed by atoms with van der Waals surface area (Å²) in [4.78, 5) is 25.1. The number of amides is 1. The number of fused-ring (bicyclic) bond motifs is 2. The van der Waals surface area contributed by atoms with E-state index in [9.17, 15) is 14.0 Å². The van der Waals surface area contributed by atoms with Crippen molar-refractivity contribution in [3.8, 4) is 0 Å². The minimum Gasteiger partial charge on any atom is -0.455 e. The van der Waals surface area contributed by atoms with Crippen molar-refractivity contribution in [3.05, 3.63) is 87.3 Å². The van der Waals surface area contributed by atoms with Gasteiger partial charge in [-0.05, 0) is 61.4 Å². The predicted molar refractivity (Wildman–Crippen MR) is 104 cm³/mol. The van der Waals surface area contributed by atoms with Gasteiger partial charge in [0, 0.05) is 17.3 Å². The number of benzene rings is 3. The Bertz CT molecular complexity index is 1270. The summed E-state index contributed by atoms with van der Waals surface area (Å²) in [6.45, 7) is 3.82. The lowest BCUT2D eigenvalue weighted by molar-refractivity contribution is 0.102. The molecule has 3 aromatic carbocycles. The lowest BCUT2D eigenvalue weighted by Gasteiger charge is -2.08. The Labute approximate surface area is 154 Å². The van der Waals surface area contributed by atoms with Crippen molar-refractivity contribution < 1.29 is 13.6 Å². The summed E-state index contributed by atoms with van der Waals surface area (Å²) >= 11 is 0. The Morgan fingerprint density at radius 1 is 1.00 bits per heavy atom. The number of aryl methyl sites for hydroxylation is 2. The zero-order valence-electron chi connectivity index (χ0n) is 14.8. The Morgan fingerprint density at radius 2 is 1.81 bits per heavy atom. The summed E-state index contributed by atoms with van der Waals surface area (Å²) in [6, 6.07) is 14.1. The van der Waals surface area contributed by atoms with Crippen LogP contribution in [0.25, 0.3) is 21.9 Å². The fourth-order valence-electron chi connectivity index (χ4n) is 3.22. The van der Waals surface area contributed by atoms with Gasteiger partial charge in [-0.25, -0.2) is 4.39 Å². The minimum atomic E-state index is -0.482. The normalized spacial score (nSPS) is 11.1. The molecule has 0 fully saturated rings. The third-order valence-corrected chi connectivity index (χ3v) is 4.45. The maximum atomic E-state index is 13.3. The highest BCUT2D eigenvalue weighted by atomic mass is 19.1. The smallest absolute Gasteiger partial charge is 0.255 e. The molecule has 0 bridgehead atoms. The largest absolute Gasteiger partial charge is 0.455 e. The molecule has 1 N–H and O–H groups in total. The molecule has 0 unspecified atom stereocenters. The van der Waals surface area contributed by atoms with Crippen molar-refractivity contribution in [2.45, 2.75) is 13.8 Å². The van der Waals surface area contributed by atoms with E-state index < -0.39 is 11.7 Å². The molecule has 1 amide bonds. The van der Waals surface area contributed by atoms with Crippen LogP contribution in [-0.2, 0) is 0 Å². The van der Waals surface area contributed by atoms with Crippen LogP contribution in [0.3, 0.4) is 0 Å². The Balaban J connectivity index is 1.79. The zero-order chi connectivity index (χ0) is 19.1. The molecule has 0 atom stereocenters. The topological polar surface area (TPSA) is 59.3 Å². The fraction of sp³-hybridized carbons (Fsp3) is 0.0909. The number of rotatable bonds is 2. The van der Waals surface area contributed by atoms with Gasteiger partial charge < -0.3 is 9.73 Å². The van der Waals surface area contributed by atoms with E-state index >= 15 is 0 Å². The van der Waals surface area contributed by atoms with Crippen LogP contribution in [-0.4, -0.2) is 5.91 Å². The third kappa shape index (κ3) is 3.08. The summed E-state index contributed by atoms with van der Waals surface area (Å²) in [6.07, 6.45) is 0. The van der Waals surface area contributed by atoms with Crippen LogP contribution in [0.4, 0.5) is 10.1 Å². The monoisotopic (exact) mass is 361 g/mol. The molecule has 0 aliphatic heterocycles. The lowest BCUT2D eigenvalue weighted by atomic mass is 10.1. The molecule has 4 nitrogen and oxygen atoms in total. The Morgan fingerprint density at radius 3 is 2.59 bits per heavy atom. The van der Waals surface area contributed by atoms with Gasteiger partial charge in [-0.3, -0.25) is 9.59 Å². The van der Waals surface area contributed by atoms with Crippen LogP contribution >= 0.6 is 0 Å². The van der Waals surface area contributed by atoms with Crippen molar-refractivity contribution in [1.82, 2.24) is 0 Å². The van der Waals surface area contributed by atoms with E-state index in [-0.39, 0.29) is 11.0 Å². The molecule has 1 aromatic heterocycles. The fourth-order valence-corrected chi connectivity index (χ4v) is 3.22. The van der Waals surface area contributed by atoms with Crippen LogP contribution in [0.2, 0.25) is 0 Å². The zero-order valence-corrected chi connectivity index (χ0v) is 14.8. The second kappa shape index (κ2) is 6.36. The van der Waals surface area contributed by atoms with E-state index in [1.165, 1.54) is 18.2 Å². The first-order valence-electron chi connectivity index (χ1n) is 8.47. The number of nitrogens with one attached hydrogen (secondary N) is 1. The molecule has 0 saturated heterocycles. The maximum Gasteiger partial charge on any atom is 0.255 e. The summed E-state index contributed by atoms with van der Waals surface area (Å²) < 4.78 is 19.3. The van der Waals surface area contributed by atoms with Crippen molar-refractivity contribution in [2.24, 2.45) is 0 Å². The highest BCUT2D eigenvalue weighted by Gasteiger charge is 2.12. The van der Waals surface area contributed by atoms with E-state index in [1.54, 1.807) is 18.2 Å². The van der Waals surface area contributed by atoms with Gasteiger partial charge in [0.05, 0.1) is 10.8 Å². The minimum absolute atomic E-state index is 0.110. The summed E-state index contributed by atoms with van der Waals surface area (Å²) in [5.74, 6) is -0.923. The number of hydrogen-bond donors (Lipinski definition) is 1. The first-order chi connectivity index (χ1) is 12.9. The standard InChI is InChI=1S/C22H16FNO3/c1-12-8-13(2)21-18(9-12)20(25)17-7-6-16(11-19(17)27-21)24-22(26)14-4-3-5-15(23)10-14/h3-11H,1-2H3,(H,24,26). The molecule has 0 spiro atoms. The molecule has 0 radical (unpaired) electrons. The van der Waals surface area contributed by atoms with Crippen LogP contribution in [0.15, 0.2) is 63.8 Å². The molecular weight excluding hydrogens is 345 g/mol. The molecule has 5 heteroatoms. The van der Waals surface area contributed by atoms with Crippen molar-refractivity contribution >= 4 is 33.5 Å². The van der Waals surface area contributed by atoms with Gasteiger partial charge in [-0.2, -0.15) is 0 Å². The molecule has 0 aliphatic rings. The second-order valence-corrected chi connectivity index (χ2v) is 6.57. The average Bonchev–Trinajstić information content (AvgIpc) is 2.63. The van der Waals surface area contributed by atoms with E-state index in [1.807, 2.05) is 26.0 Å². The SMILES string of the molecule is Cc1cc(C)c2oc3cc(NC(=O)c4cccc(F)c4)ccc3c(=O)c2c1. The molecule has 4 aromatic rings. The average molecular weight is 361 g/mol. The van der Waals surface area contributed by atoms with Gasteiger partial charge in [0.1, 0.15) is 17.0 Å². The molecular formula is C22H16FNO3.